The lowest BCUT2D eigenvalue weighted by Gasteiger charge is -2.13. The number of hydrogen-bond donors (Lipinski definition) is 0. The van der Waals surface area contributed by atoms with Gasteiger partial charge in [0.2, 0.25) is 0 Å². The lowest BCUT2D eigenvalue weighted by molar-refractivity contribution is 0.252. The summed E-state index contributed by atoms with van der Waals surface area (Å²) in [5, 5.41) is 0. The molecule has 2 aliphatic rings. The summed E-state index contributed by atoms with van der Waals surface area (Å²) in [7, 11) is 3.31. The summed E-state index contributed by atoms with van der Waals surface area (Å²) in [6, 6.07) is 20.4. The maximum absolute atomic E-state index is 5.81. The number of rotatable bonds is 10. The van der Waals surface area contributed by atoms with Crippen molar-refractivity contribution >= 4 is 0 Å². The maximum atomic E-state index is 5.81. The predicted molar refractivity (Wildman–Crippen MR) is 121 cm³/mol. The smallest absolute Gasteiger partial charge is 0.161 e. The van der Waals surface area contributed by atoms with Crippen molar-refractivity contribution in [2.24, 2.45) is 0 Å². The first-order chi connectivity index (χ1) is 15.7. The van der Waals surface area contributed by atoms with Gasteiger partial charge in [0.1, 0.15) is 25.4 Å². The molecule has 0 amide bonds. The topological polar surface area (TPSA) is 62.0 Å². The van der Waals surface area contributed by atoms with Crippen LogP contribution in [-0.4, -0.2) is 52.9 Å². The lowest BCUT2D eigenvalue weighted by atomic mass is 10.00. The largest absolute Gasteiger partial charge is 0.493 e. The zero-order valence-corrected chi connectivity index (χ0v) is 18.2. The molecule has 2 unspecified atom stereocenters. The van der Waals surface area contributed by atoms with Gasteiger partial charge in [0, 0.05) is 0 Å². The molecule has 0 radical (unpaired) electrons. The summed E-state index contributed by atoms with van der Waals surface area (Å²) in [5.74, 6) is 2.88. The number of hydrogen-bond acceptors (Lipinski definition) is 6. The van der Waals surface area contributed by atoms with Crippen LogP contribution in [-0.2, 0) is 9.47 Å². The molecule has 0 saturated carbocycles. The molecule has 32 heavy (non-hydrogen) atoms. The van der Waals surface area contributed by atoms with Gasteiger partial charge in [0.25, 0.3) is 0 Å². The Bertz CT molecular complexity index is 984. The molecule has 0 bridgehead atoms. The third-order valence-corrected chi connectivity index (χ3v) is 5.53. The van der Waals surface area contributed by atoms with Crippen LogP contribution in [0.25, 0.3) is 22.3 Å². The van der Waals surface area contributed by atoms with E-state index in [0.29, 0.717) is 24.7 Å². The van der Waals surface area contributed by atoms with Gasteiger partial charge in [-0.1, -0.05) is 36.4 Å². The highest BCUT2D eigenvalue weighted by Gasteiger charge is 2.24. The molecule has 2 fully saturated rings. The Kier molecular flexibility index (Phi) is 5.88. The molecule has 6 heteroatoms. The van der Waals surface area contributed by atoms with Crippen molar-refractivity contribution in [3.63, 3.8) is 0 Å². The van der Waals surface area contributed by atoms with Crippen molar-refractivity contribution in [1.29, 1.82) is 0 Å². The van der Waals surface area contributed by atoms with Crippen LogP contribution < -0.4 is 18.9 Å². The second-order valence-corrected chi connectivity index (χ2v) is 7.84. The molecule has 2 aliphatic heterocycles. The van der Waals surface area contributed by atoms with E-state index in [1.54, 1.807) is 14.2 Å². The third-order valence-electron chi connectivity index (χ3n) is 5.53. The molecule has 0 N–H and O–H groups in total. The predicted octanol–water partition coefficient (Wildman–Crippen LogP) is 4.59. The van der Waals surface area contributed by atoms with E-state index in [1.807, 2.05) is 36.4 Å². The Balaban J connectivity index is 1.32. The van der Waals surface area contributed by atoms with E-state index >= 15 is 0 Å². The first-order valence-corrected chi connectivity index (χ1v) is 10.7. The van der Waals surface area contributed by atoms with Gasteiger partial charge in [-0.3, -0.25) is 0 Å². The second kappa shape index (κ2) is 9.10. The summed E-state index contributed by atoms with van der Waals surface area (Å²) in [6.07, 6.45) is 0.414. The van der Waals surface area contributed by atoms with Crippen LogP contribution in [0.4, 0.5) is 0 Å². The van der Waals surface area contributed by atoms with E-state index in [-0.39, 0.29) is 12.2 Å². The van der Waals surface area contributed by atoms with Gasteiger partial charge < -0.3 is 28.4 Å². The van der Waals surface area contributed by atoms with Gasteiger partial charge in [-0.2, -0.15) is 0 Å². The standard InChI is InChI=1S/C26H26O6/c1-27-25-11-19(7-9-23(25)31-15-21-13-29-21)17-3-5-18(6-4-17)20-8-10-24(26(12-20)28-2)32-16-22-14-30-22/h3-12,21-22H,13-16H2,1-2H3. The summed E-state index contributed by atoms with van der Waals surface area (Å²) in [5.41, 5.74) is 4.32. The Hall–Kier alpha value is -3.22. The highest BCUT2D eigenvalue weighted by atomic mass is 16.6. The molecule has 0 spiro atoms. The van der Waals surface area contributed by atoms with Gasteiger partial charge in [-0.15, -0.1) is 0 Å². The summed E-state index contributed by atoms with van der Waals surface area (Å²) in [4.78, 5) is 0. The molecule has 2 saturated heterocycles. The second-order valence-electron chi connectivity index (χ2n) is 7.84. The Labute approximate surface area is 187 Å². The van der Waals surface area contributed by atoms with Gasteiger partial charge in [-0.05, 0) is 46.5 Å². The third kappa shape index (κ3) is 4.82. The highest BCUT2D eigenvalue weighted by molar-refractivity contribution is 5.73. The zero-order chi connectivity index (χ0) is 21.9. The average molecular weight is 434 g/mol. The van der Waals surface area contributed by atoms with E-state index in [4.69, 9.17) is 28.4 Å². The highest BCUT2D eigenvalue weighted by Crippen LogP contribution is 2.36. The van der Waals surface area contributed by atoms with Crippen molar-refractivity contribution in [3.8, 4) is 45.3 Å². The normalized spacial score (nSPS) is 18.7. The van der Waals surface area contributed by atoms with E-state index in [2.05, 4.69) is 24.3 Å². The SMILES string of the molecule is COc1cc(-c2ccc(-c3ccc(OCC4CO4)c(OC)c3)cc2)ccc1OCC1CO1. The molecule has 2 heterocycles. The number of methoxy groups -OCH3 is 2. The van der Waals surface area contributed by atoms with Crippen LogP contribution in [0.15, 0.2) is 60.7 Å². The molecule has 3 aromatic carbocycles. The van der Waals surface area contributed by atoms with Crippen molar-refractivity contribution in [2.75, 3.05) is 40.6 Å². The van der Waals surface area contributed by atoms with Gasteiger partial charge in [0.05, 0.1) is 27.4 Å². The van der Waals surface area contributed by atoms with Crippen LogP contribution in [0, 0.1) is 0 Å². The fraction of sp³-hybridized carbons (Fsp3) is 0.308. The minimum Gasteiger partial charge on any atom is -0.493 e. The molecule has 166 valence electrons. The fourth-order valence-electron chi connectivity index (χ4n) is 3.48. The molecule has 6 nitrogen and oxygen atoms in total. The van der Waals surface area contributed by atoms with Crippen molar-refractivity contribution in [1.82, 2.24) is 0 Å². The first kappa shape index (κ1) is 20.7. The van der Waals surface area contributed by atoms with Gasteiger partial charge >= 0.3 is 0 Å². The molecule has 0 aromatic heterocycles. The van der Waals surface area contributed by atoms with E-state index in [0.717, 1.165) is 47.0 Å². The van der Waals surface area contributed by atoms with Crippen molar-refractivity contribution in [2.45, 2.75) is 12.2 Å². The lowest BCUT2D eigenvalue weighted by Crippen LogP contribution is -2.05. The Morgan fingerprint density at radius 1 is 0.594 bits per heavy atom. The van der Waals surface area contributed by atoms with Gasteiger partial charge in [-0.25, -0.2) is 0 Å². The molecule has 0 aliphatic carbocycles. The minimum atomic E-state index is 0.207. The number of benzene rings is 3. The molecule has 5 rings (SSSR count). The van der Waals surface area contributed by atoms with E-state index < -0.39 is 0 Å². The summed E-state index contributed by atoms with van der Waals surface area (Å²) >= 11 is 0. The monoisotopic (exact) mass is 434 g/mol. The Morgan fingerprint density at radius 2 is 0.969 bits per heavy atom. The minimum absolute atomic E-state index is 0.207. The maximum Gasteiger partial charge on any atom is 0.161 e. The van der Waals surface area contributed by atoms with E-state index in [1.165, 1.54) is 0 Å². The van der Waals surface area contributed by atoms with E-state index in [9.17, 15) is 0 Å². The van der Waals surface area contributed by atoms with Crippen LogP contribution in [0.5, 0.6) is 23.0 Å². The van der Waals surface area contributed by atoms with Crippen LogP contribution >= 0.6 is 0 Å². The van der Waals surface area contributed by atoms with Crippen LogP contribution in [0.2, 0.25) is 0 Å². The van der Waals surface area contributed by atoms with Crippen molar-refractivity contribution in [3.05, 3.63) is 60.7 Å². The fourth-order valence-corrected chi connectivity index (χ4v) is 3.48. The van der Waals surface area contributed by atoms with Crippen LogP contribution in [0.1, 0.15) is 0 Å². The quantitative estimate of drug-likeness (QED) is 0.435. The molecule has 3 aromatic rings. The molecular weight excluding hydrogens is 408 g/mol. The first-order valence-electron chi connectivity index (χ1n) is 10.7. The number of epoxide rings is 2. The summed E-state index contributed by atoms with van der Waals surface area (Å²) in [6.45, 7) is 2.63. The average Bonchev–Trinajstić information content (AvgIpc) is 3.77. The number of ether oxygens (including phenoxy) is 6. The Morgan fingerprint density at radius 3 is 1.31 bits per heavy atom. The van der Waals surface area contributed by atoms with Crippen LogP contribution in [0.3, 0.4) is 0 Å². The zero-order valence-electron chi connectivity index (χ0n) is 18.2. The van der Waals surface area contributed by atoms with Gasteiger partial charge in [0.15, 0.2) is 23.0 Å². The molecule has 2 atom stereocenters. The molecular formula is C26H26O6. The van der Waals surface area contributed by atoms with Crippen molar-refractivity contribution < 1.29 is 28.4 Å². The summed E-state index contributed by atoms with van der Waals surface area (Å²) < 4.78 is 33.1.